The van der Waals surface area contributed by atoms with Crippen molar-refractivity contribution in [2.75, 3.05) is 31.5 Å². The van der Waals surface area contributed by atoms with Gasteiger partial charge in [-0.25, -0.2) is 4.79 Å². The largest absolute Gasteiger partial charge is 0.454 e. The highest BCUT2D eigenvalue weighted by molar-refractivity contribution is 8.06. The Balaban J connectivity index is 1.28. The van der Waals surface area contributed by atoms with E-state index in [1.807, 2.05) is 66.7 Å². The van der Waals surface area contributed by atoms with Crippen molar-refractivity contribution in [2.24, 2.45) is 5.92 Å². The smallest absolute Gasteiger partial charge is 0.333 e. The van der Waals surface area contributed by atoms with E-state index in [2.05, 4.69) is 5.32 Å². The van der Waals surface area contributed by atoms with Crippen molar-refractivity contribution in [2.45, 2.75) is 36.7 Å². The van der Waals surface area contributed by atoms with Gasteiger partial charge in [-0.3, -0.25) is 4.79 Å². The lowest BCUT2D eigenvalue weighted by molar-refractivity contribution is -0.939. The molecule has 178 valence electrons. The highest BCUT2D eigenvalue weighted by Crippen LogP contribution is 2.39. The molecule has 7 heteroatoms. The Kier molecular flexibility index (Phi) is 7.00. The van der Waals surface area contributed by atoms with E-state index in [1.54, 1.807) is 0 Å². The van der Waals surface area contributed by atoms with Gasteiger partial charge in [-0.05, 0) is 24.1 Å². The van der Waals surface area contributed by atoms with E-state index in [1.165, 1.54) is 11.8 Å². The van der Waals surface area contributed by atoms with E-state index in [0.717, 1.165) is 46.0 Å². The molecule has 0 aromatic heterocycles. The van der Waals surface area contributed by atoms with Gasteiger partial charge in [0.2, 0.25) is 0 Å². The lowest BCUT2D eigenvalue weighted by atomic mass is 9.82. The molecule has 0 amide bonds. The molecule has 1 N–H and O–H groups in total. The van der Waals surface area contributed by atoms with E-state index < -0.39 is 6.04 Å². The van der Waals surface area contributed by atoms with Gasteiger partial charge >= 0.3 is 5.97 Å². The topological polar surface area (TPSA) is 55.4 Å². The number of benzene rings is 2. The van der Waals surface area contributed by atoms with Crippen molar-refractivity contribution >= 4 is 40.8 Å². The molecule has 0 aliphatic carbocycles. The zero-order valence-electron chi connectivity index (χ0n) is 19.1. The number of allylic oxidation sites excluding steroid dienone is 1. The molecule has 3 atom stereocenters. The second-order valence-electron chi connectivity index (χ2n) is 9.61. The maximum absolute atomic E-state index is 13.5. The first-order valence-electron chi connectivity index (χ1n) is 12.0. The summed E-state index contributed by atoms with van der Waals surface area (Å²) in [5, 5.41) is 3.29. The van der Waals surface area contributed by atoms with Gasteiger partial charge in [0.1, 0.15) is 13.1 Å². The van der Waals surface area contributed by atoms with Crippen LogP contribution >= 0.6 is 23.4 Å². The molecular weight excluding hydrogens is 468 g/mol. The normalized spacial score (nSPS) is 28.7. The van der Waals surface area contributed by atoms with Gasteiger partial charge in [-0.15, -0.1) is 11.8 Å². The minimum Gasteiger partial charge on any atom is -0.454 e. The van der Waals surface area contributed by atoms with Crippen molar-refractivity contribution in [3.05, 3.63) is 76.7 Å². The number of anilines is 1. The van der Waals surface area contributed by atoms with E-state index in [4.69, 9.17) is 16.3 Å². The zero-order valence-corrected chi connectivity index (χ0v) is 20.6. The van der Waals surface area contributed by atoms with Crippen LogP contribution in [0.3, 0.4) is 0 Å². The Hall–Kier alpha value is -2.28. The number of ketones is 1. The van der Waals surface area contributed by atoms with Crippen LogP contribution < -0.4 is 5.32 Å². The van der Waals surface area contributed by atoms with E-state index in [9.17, 15) is 9.59 Å². The van der Waals surface area contributed by atoms with Gasteiger partial charge in [0.25, 0.3) is 0 Å². The fraction of sp³-hybridized carbons (Fsp3) is 0.407. The van der Waals surface area contributed by atoms with E-state index >= 15 is 0 Å². The fourth-order valence-electron chi connectivity index (χ4n) is 5.48. The van der Waals surface area contributed by atoms with Crippen molar-refractivity contribution in [3.8, 4) is 0 Å². The Morgan fingerprint density at radius 1 is 1.06 bits per heavy atom. The lowest BCUT2D eigenvalue weighted by Gasteiger charge is -2.52. The van der Waals surface area contributed by atoms with Crippen molar-refractivity contribution in [1.29, 1.82) is 0 Å². The number of ether oxygens (including phenoxy) is 1. The number of para-hydroxylation sites is 1. The molecule has 5 nitrogen and oxygen atoms in total. The molecular formula is C27H30ClN2O3S+. The highest BCUT2D eigenvalue weighted by Gasteiger charge is 2.49. The molecule has 4 aliphatic heterocycles. The third kappa shape index (κ3) is 5.19. The van der Waals surface area contributed by atoms with Crippen LogP contribution in [0.5, 0.6) is 0 Å². The summed E-state index contributed by atoms with van der Waals surface area (Å²) in [4.78, 5) is 26.5. The summed E-state index contributed by atoms with van der Waals surface area (Å²) in [5.41, 5.74) is 1.75. The number of halogens is 1. The van der Waals surface area contributed by atoms with Crippen LogP contribution in [-0.4, -0.2) is 53.8 Å². The summed E-state index contributed by atoms with van der Waals surface area (Å²) in [6.07, 6.45) is 4.47. The molecule has 6 rings (SSSR count). The molecule has 2 aromatic carbocycles. The highest BCUT2D eigenvalue weighted by atomic mass is 35.5. The quantitative estimate of drug-likeness (QED) is 0.404. The average molecular weight is 498 g/mol. The summed E-state index contributed by atoms with van der Waals surface area (Å²) < 4.78 is 7.65. The van der Waals surface area contributed by atoms with Gasteiger partial charge in [-0.2, -0.15) is 0 Å². The molecule has 0 saturated carbocycles. The van der Waals surface area contributed by atoms with E-state index in [0.29, 0.717) is 25.4 Å². The van der Waals surface area contributed by atoms with Gasteiger partial charge in [0.15, 0.2) is 17.9 Å². The molecule has 4 heterocycles. The number of piperidine rings is 3. The second-order valence-corrected chi connectivity index (χ2v) is 11.5. The van der Waals surface area contributed by atoms with Crippen LogP contribution in [0.1, 0.15) is 30.9 Å². The Labute approximate surface area is 210 Å². The number of esters is 1. The molecule has 4 aliphatic rings. The number of quaternary nitrogens is 1. The fourth-order valence-corrected chi connectivity index (χ4v) is 6.75. The molecule has 2 bridgehead atoms. The summed E-state index contributed by atoms with van der Waals surface area (Å²) in [5.74, 6) is 0.361. The van der Waals surface area contributed by atoms with Crippen molar-refractivity contribution in [3.63, 3.8) is 0 Å². The monoisotopic (exact) mass is 497 g/mol. The Morgan fingerprint density at radius 2 is 1.74 bits per heavy atom. The molecule has 0 spiro atoms. The van der Waals surface area contributed by atoms with Gasteiger partial charge < -0.3 is 14.5 Å². The van der Waals surface area contributed by atoms with Gasteiger partial charge in [-0.1, -0.05) is 66.2 Å². The number of nitrogens with one attached hydrogen (secondary N) is 1. The van der Waals surface area contributed by atoms with Gasteiger partial charge in [0.05, 0.1) is 22.7 Å². The minimum absolute atomic E-state index is 0.0711. The van der Waals surface area contributed by atoms with Gasteiger partial charge in [0, 0.05) is 24.4 Å². The first kappa shape index (κ1) is 23.5. The SMILES string of the molecule is O=C(C[N+]12CCC(CC1)[C@@H](OC(=O)[C@H](Nc1ccccc1)c1ccccc1)C2)C1CC=C(Cl)S1. The number of Topliss-reactive ketones (excluding diaryl/α,β-unsaturated/α-hetero) is 1. The standard InChI is InChI=1S/C27H30ClN2O3S/c28-25-12-11-24(34-25)22(31)17-30-15-13-19(14-16-30)23(18-30)33-27(32)26(20-7-3-1-4-8-20)29-21-9-5-2-6-10-21/h1-10,12,19,23-24,26,29H,11,13-18H2/q+1/t19?,23-,24?,26+,30?/m0/s1. The summed E-state index contributed by atoms with van der Waals surface area (Å²) in [6, 6.07) is 18.9. The van der Waals surface area contributed by atoms with Crippen molar-refractivity contribution < 1.29 is 18.8 Å². The lowest BCUT2D eigenvalue weighted by Crippen LogP contribution is -2.66. The maximum Gasteiger partial charge on any atom is 0.333 e. The third-order valence-electron chi connectivity index (χ3n) is 7.36. The molecule has 3 fully saturated rings. The van der Waals surface area contributed by atoms with Crippen LogP contribution in [0.25, 0.3) is 0 Å². The number of rotatable bonds is 8. The first-order chi connectivity index (χ1) is 16.5. The van der Waals surface area contributed by atoms with Crippen LogP contribution in [0.2, 0.25) is 0 Å². The summed E-state index contributed by atoms with van der Waals surface area (Å²) in [6.45, 7) is 3.18. The molecule has 0 radical (unpaired) electrons. The molecule has 3 saturated heterocycles. The number of hydrogen-bond acceptors (Lipinski definition) is 5. The van der Waals surface area contributed by atoms with Crippen molar-refractivity contribution in [1.82, 2.24) is 0 Å². The number of fused-ring (bicyclic) bond motifs is 3. The van der Waals surface area contributed by atoms with Crippen LogP contribution in [-0.2, 0) is 14.3 Å². The zero-order chi connectivity index (χ0) is 23.5. The average Bonchev–Trinajstić information content (AvgIpc) is 3.31. The van der Waals surface area contributed by atoms with Crippen LogP contribution in [0, 0.1) is 5.92 Å². The summed E-state index contributed by atoms with van der Waals surface area (Å²) in [7, 11) is 0. The number of nitrogens with zero attached hydrogens (tertiary/aromatic N) is 1. The number of hydrogen-bond donors (Lipinski definition) is 1. The molecule has 2 aromatic rings. The number of thioether (sulfide) groups is 1. The predicted octanol–water partition coefficient (Wildman–Crippen LogP) is 5.15. The van der Waals surface area contributed by atoms with Crippen LogP contribution in [0.15, 0.2) is 71.1 Å². The third-order valence-corrected chi connectivity index (χ3v) is 8.91. The molecule has 1 unspecified atom stereocenters. The maximum atomic E-state index is 13.5. The second kappa shape index (κ2) is 10.1. The first-order valence-corrected chi connectivity index (χ1v) is 13.2. The van der Waals surface area contributed by atoms with Crippen LogP contribution in [0.4, 0.5) is 5.69 Å². The minimum atomic E-state index is -0.586. The predicted molar refractivity (Wildman–Crippen MR) is 137 cm³/mol. The molecule has 34 heavy (non-hydrogen) atoms. The number of carbonyl (C=O) groups is 2. The Bertz CT molecular complexity index is 1050. The van der Waals surface area contributed by atoms with E-state index in [-0.39, 0.29) is 23.1 Å². The number of carbonyl (C=O) groups excluding carboxylic acids is 2. The summed E-state index contributed by atoms with van der Waals surface area (Å²) >= 11 is 7.56. The Morgan fingerprint density at radius 3 is 2.38 bits per heavy atom.